The largest absolute Gasteiger partial charge is 0.462 e. The van der Waals surface area contributed by atoms with E-state index in [9.17, 15) is 9.59 Å². The highest BCUT2D eigenvalue weighted by molar-refractivity contribution is 5.66. The van der Waals surface area contributed by atoms with Crippen molar-refractivity contribution >= 4 is 11.9 Å². The molecule has 0 heterocycles. The molecule has 0 aromatic heterocycles. The first-order valence-electron chi connectivity index (χ1n) is 11.2. The van der Waals surface area contributed by atoms with Gasteiger partial charge in [0.1, 0.15) is 12.2 Å². The molecule has 0 aliphatic heterocycles. The van der Waals surface area contributed by atoms with Crippen molar-refractivity contribution in [2.45, 2.75) is 91.8 Å². The third-order valence-corrected chi connectivity index (χ3v) is 8.91. The molecule has 4 aliphatic rings. The second-order valence-electron chi connectivity index (χ2n) is 10.5. The van der Waals surface area contributed by atoms with E-state index in [1.54, 1.807) is 6.92 Å². The summed E-state index contributed by atoms with van der Waals surface area (Å²) in [7, 11) is 0. The molecule has 4 heteroatoms. The van der Waals surface area contributed by atoms with Crippen LogP contribution in [0.2, 0.25) is 0 Å². The molecular formula is C24H36O4. The van der Waals surface area contributed by atoms with Crippen LogP contribution in [0.4, 0.5) is 0 Å². The standard InChI is InChI=1S/C24H36O4/c1-14-12-21-19-7-6-17-13-18(27-15(2)25)8-10-23(17,4)20(19)9-11-24(21,5)22(14)28-16(3)26/h6,14,18-22H,7-13H2,1-5H3. The van der Waals surface area contributed by atoms with Crippen LogP contribution in [0, 0.1) is 34.5 Å². The van der Waals surface area contributed by atoms with Crippen molar-refractivity contribution in [3.05, 3.63) is 11.6 Å². The topological polar surface area (TPSA) is 52.6 Å². The van der Waals surface area contributed by atoms with Gasteiger partial charge in [-0.3, -0.25) is 9.59 Å². The van der Waals surface area contributed by atoms with E-state index in [2.05, 4.69) is 26.8 Å². The molecule has 0 N–H and O–H groups in total. The summed E-state index contributed by atoms with van der Waals surface area (Å²) in [4.78, 5) is 23.1. The second kappa shape index (κ2) is 6.88. The van der Waals surface area contributed by atoms with E-state index in [1.807, 2.05) is 0 Å². The molecule has 0 bridgehead atoms. The maximum atomic E-state index is 11.7. The van der Waals surface area contributed by atoms with Gasteiger partial charge in [0.15, 0.2) is 0 Å². The predicted octanol–water partition coefficient (Wildman–Crippen LogP) is 5.06. The van der Waals surface area contributed by atoms with Gasteiger partial charge in [0.25, 0.3) is 0 Å². The van der Waals surface area contributed by atoms with Crippen LogP contribution in [-0.4, -0.2) is 24.1 Å². The van der Waals surface area contributed by atoms with Crippen molar-refractivity contribution in [1.29, 1.82) is 0 Å². The highest BCUT2D eigenvalue weighted by Crippen LogP contribution is 2.66. The SMILES string of the molecule is CC(=O)OC1CCC2(C)C(=CCC3C2CCC2(C)C3CC(C)C2OC(C)=O)C1. The molecule has 4 aliphatic carbocycles. The van der Waals surface area contributed by atoms with Crippen molar-refractivity contribution < 1.29 is 19.1 Å². The Balaban J connectivity index is 1.58. The number of carbonyl (C=O) groups excluding carboxylic acids is 2. The van der Waals surface area contributed by atoms with Gasteiger partial charge in [0, 0.05) is 25.7 Å². The normalized spacial score (nSPS) is 47.2. The Morgan fingerprint density at radius 3 is 2.43 bits per heavy atom. The molecule has 28 heavy (non-hydrogen) atoms. The summed E-state index contributed by atoms with van der Waals surface area (Å²) < 4.78 is 11.4. The van der Waals surface area contributed by atoms with E-state index in [0.717, 1.165) is 32.1 Å². The van der Waals surface area contributed by atoms with Gasteiger partial charge in [0.2, 0.25) is 0 Å². The van der Waals surface area contributed by atoms with Crippen molar-refractivity contribution in [1.82, 2.24) is 0 Å². The van der Waals surface area contributed by atoms with Gasteiger partial charge < -0.3 is 9.47 Å². The van der Waals surface area contributed by atoms with Crippen molar-refractivity contribution in [3.8, 4) is 0 Å². The molecule has 8 atom stereocenters. The van der Waals surface area contributed by atoms with Crippen LogP contribution < -0.4 is 0 Å². The zero-order chi connectivity index (χ0) is 20.3. The fourth-order valence-electron chi connectivity index (χ4n) is 7.71. The molecular weight excluding hydrogens is 352 g/mol. The minimum absolute atomic E-state index is 0.0575. The summed E-state index contributed by atoms with van der Waals surface area (Å²) in [5, 5.41) is 0. The average Bonchev–Trinajstić information content (AvgIpc) is 2.85. The lowest BCUT2D eigenvalue weighted by molar-refractivity contribution is -0.159. The third-order valence-electron chi connectivity index (χ3n) is 8.91. The first-order valence-corrected chi connectivity index (χ1v) is 11.2. The summed E-state index contributed by atoms with van der Waals surface area (Å²) in [6.45, 7) is 10.2. The Bertz CT molecular complexity index is 697. The number of allylic oxidation sites excluding steroid dienone is 1. The molecule has 3 fully saturated rings. The maximum Gasteiger partial charge on any atom is 0.302 e. The van der Waals surface area contributed by atoms with Gasteiger partial charge >= 0.3 is 11.9 Å². The first-order chi connectivity index (χ1) is 13.1. The molecule has 156 valence electrons. The average molecular weight is 389 g/mol. The fraction of sp³-hybridized carbons (Fsp3) is 0.833. The summed E-state index contributed by atoms with van der Waals surface area (Å²) in [6.07, 6.45) is 10.3. The molecule has 0 amide bonds. The van der Waals surface area contributed by atoms with Crippen LogP contribution in [0.15, 0.2) is 11.6 Å². The highest BCUT2D eigenvalue weighted by atomic mass is 16.5. The number of hydrogen-bond donors (Lipinski definition) is 0. The summed E-state index contributed by atoms with van der Waals surface area (Å²) >= 11 is 0. The molecule has 0 spiro atoms. The minimum Gasteiger partial charge on any atom is -0.462 e. The molecule has 8 unspecified atom stereocenters. The monoisotopic (exact) mass is 388 g/mol. The lowest BCUT2D eigenvalue weighted by atomic mass is 9.48. The van der Waals surface area contributed by atoms with Crippen LogP contribution >= 0.6 is 0 Å². The van der Waals surface area contributed by atoms with Crippen LogP contribution in [0.3, 0.4) is 0 Å². The Hall–Kier alpha value is -1.32. The molecule has 4 nitrogen and oxygen atoms in total. The van der Waals surface area contributed by atoms with Gasteiger partial charge in [-0.1, -0.05) is 32.4 Å². The number of fused-ring (bicyclic) bond motifs is 5. The van der Waals surface area contributed by atoms with Gasteiger partial charge in [-0.05, 0) is 67.6 Å². The smallest absolute Gasteiger partial charge is 0.302 e. The highest BCUT2D eigenvalue weighted by Gasteiger charge is 2.61. The lowest BCUT2D eigenvalue weighted by Crippen LogP contribution is -2.51. The van der Waals surface area contributed by atoms with E-state index in [0.29, 0.717) is 23.7 Å². The second-order valence-corrected chi connectivity index (χ2v) is 10.5. The van der Waals surface area contributed by atoms with Crippen LogP contribution in [-0.2, 0) is 19.1 Å². The van der Waals surface area contributed by atoms with Crippen LogP contribution in [0.5, 0.6) is 0 Å². The van der Waals surface area contributed by atoms with E-state index >= 15 is 0 Å². The van der Waals surface area contributed by atoms with E-state index in [-0.39, 0.29) is 35.0 Å². The van der Waals surface area contributed by atoms with Crippen LogP contribution in [0.25, 0.3) is 0 Å². The van der Waals surface area contributed by atoms with Crippen molar-refractivity contribution in [2.75, 3.05) is 0 Å². The molecule has 3 saturated carbocycles. The van der Waals surface area contributed by atoms with E-state index in [1.165, 1.54) is 25.3 Å². The van der Waals surface area contributed by atoms with Gasteiger partial charge in [-0.2, -0.15) is 0 Å². The van der Waals surface area contributed by atoms with Gasteiger partial charge in [-0.15, -0.1) is 0 Å². The number of rotatable bonds is 2. The number of hydrogen-bond acceptors (Lipinski definition) is 4. The molecule has 0 aromatic rings. The first kappa shape index (κ1) is 20.0. The Morgan fingerprint density at radius 1 is 1.04 bits per heavy atom. The van der Waals surface area contributed by atoms with E-state index < -0.39 is 0 Å². The van der Waals surface area contributed by atoms with Crippen molar-refractivity contribution in [2.24, 2.45) is 34.5 Å². The van der Waals surface area contributed by atoms with Gasteiger partial charge in [-0.25, -0.2) is 0 Å². The fourth-order valence-corrected chi connectivity index (χ4v) is 7.71. The summed E-state index contributed by atoms with van der Waals surface area (Å²) in [5.74, 6) is 2.16. The molecule has 4 rings (SSSR count). The Labute approximate surface area is 169 Å². The summed E-state index contributed by atoms with van der Waals surface area (Å²) in [6, 6.07) is 0. The molecule has 0 saturated heterocycles. The number of esters is 2. The lowest BCUT2D eigenvalue weighted by Gasteiger charge is -2.57. The Kier molecular flexibility index (Phi) is 4.91. The zero-order valence-corrected chi connectivity index (χ0v) is 18.1. The van der Waals surface area contributed by atoms with Crippen molar-refractivity contribution in [3.63, 3.8) is 0 Å². The zero-order valence-electron chi connectivity index (χ0n) is 18.1. The third kappa shape index (κ3) is 3.02. The quantitative estimate of drug-likeness (QED) is 0.490. The number of carbonyl (C=O) groups is 2. The van der Waals surface area contributed by atoms with Crippen LogP contribution in [0.1, 0.15) is 79.6 Å². The molecule has 0 radical (unpaired) electrons. The van der Waals surface area contributed by atoms with Gasteiger partial charge in [0.05, 0.1) is 0 Å². The maximum absolute atomic E-state index is 11.7. The Morgan fingerprint density at radius 2 is 1.75 bits per heavy atom. The summed E-state index contributed by atoms with van der Waals surface area (Å²) in [5.41, 5.74) is 1.88. The minimum atomic E-state index is -0.159. The number of ether oxygens (including phenoxy) is 2. The predicted molar refractivity (Wildman–Crippen MR) is 107 cm³/mol. The van der Waals surface area contributed by atoms with E-state index in [4.69, 9.17) is 9.47 Å². The molecule has 0 aromatic carbocycles.